The molecule has 0 atom stereocenters. The highest BCUT2D eigenvalue weighted by molar-refractivity contribution is 5.97. The number of carbonyl (C=O) groups excluding carboxylic acids is 2. The van der Waals surface area contributed by atoms with Crippen molar-refractivity contribution in [1.29, 1.82) is 0 Å². The average Bonchev–Trinajstić information content (AvgIpc) is 2.81. The standard InChI is InChI=1S/C25H32N2O4/c1-2-15-30-23-14-13-19(16-22(23)25(29)27-20-9-5-3-6-10-20)17-26-24(28)18-31-21-11-7-4-8-12-21/h4,7-8,11-14,16,20H,2-3,5-6,9-10,15,17-18H2,1H3,(H,26,28)(H,27,29). The van der Waals surface area contributed by atoms with E-state index in [-0.39, 0.29) is 24.5 Å². The summed E-state index contributed by atoms with van der Waals surface area (Å²) < 4.78 is 11.3. The number of amides is 2. The van der Waals surface area contributed by atoms with Gasteiger partial charge in [0.15, 0.2) is 6.61 Å². The van der Waals surface area contributed by atoms with Crippen molar-refractivity contribution in [3.8, 4) is 11.5 Å². The summed E-state index contributed by atoms with van der Waals surface area (Å²) in [6, 6.07) is 14.9. The molecule has 3 rings (SSSR count). The molecule has 1 saturated carbocycles. The van der Waals surface area contributed by atoms with E-state index in [1.807, 2.05) is 43.3 Å². The molecule has 1 aliphatic carbocycles. The van der Waals surface area contributed by atoms with Crippen molar-refractivity contribution in [2.24, 2.45) is 0 Å². The first-order chi connectivity index (χ1) is 15.2. The van der Waals surface area contributed by atoms with Crippen molar-refractivity contribution in [2.75, 3.05) is 13.2 Å². The minimum Gasteiger partial charge on any atom is -0.493 e. The maximum atomic E-state index is 12.9. The van der Waals surface area contributed by atoms with Gasteiger partial charge in [0.2, 0.25) is 0 Å². The molecule has 166 valence electrons. The normalized spacial score (nSPS) is 14.0. The van der Waals surface area contributed by atoms with Gasteiger partial charge in [0.25, 0.3) is 11.8 Å². The van der Waals surface area contributed by atoms with E-state index < -0.39 is 0 Å². The van der Waals surface area contributed by atoms with E-state index in [9.17, 15) is 9.59 Å². The third-order valence-electron chi connectivity index (χ3n) is 5.29. The zero-order chi connectivity index (χ0) is 21.9. The molecule has 0 aliphatic heterocycles. The Morgan fingerprint density at radius 2 is 1.77 bits per heavy atom. The van der Waals surface area contributed by atoms with Crippen molar-refractivity contribution in [2.45, 2.75) is 58.0 Å². The summed E-state index contributed by atoms with van der Waals surface area (Å²) in [5, 5.41) is 6.00. The summed E-state index contributed by atoms with van der Waals surface area (Å²) in [4.78, 5) is 25.1. The molecule has 1 aliphatic rings. The van der Waals surface area contributed by atoms with Crippen LogP contribution in [0.15, 0.2) is 48.5 Å². The lowest BCUT2D eigenvalue weighted by molar-refractivity contribution is -0.123. The number of nitrogens with one attached hydrogen (secondary N) is 2. The summed E-state index contributed by atoms with van der Waals surface area (Å²) >= 11 is 0. The highest BCUT2D eigenvalue weighted by atomic mass is 16.5. The predicted molar refractivity (Wildman–Crippen MR) is 120 cm³/mol. The van der Waals surface area contributed by atoms with Gasteiger partial charge in [-0.15, -0.1) is 0 Å². The zero-order valence-electron chi connectivity index (χ0n) is 18.2. The van der Waals surface area contributed by atoms with Crippen LogP contribution >= 0.6 is 0 Å². The average molecular weight is 425 g/mol. The molecule has 1 fully saturated rings. The Bertz CT molecular complexity index is 848. The molecule has 0 radical (unpaired) electrons. The quantitative estimate of drug-likeness (QED) is 0.598. The van der Waals surface area contributed by atoms with Crippen molar-refractivity contribution in [3.05, 3.63) is 59.7 Å². The van der Waals surface area contributed by atoms with Gasteiger partial charge in [0, 0.05) is 12.6 Å². The molecule has 0 bridgehead atoms. The molecule has 2 N–H and O–H groups in total. The van der Waals surface area contributed by atoms with Gasteiger partial charge >= 0.3 is 0 Å². The van der Waals surface area contributed by atoms with Crippen LogP contribution in [0.25, 0.3) is 0 Å². The molecule has 2 aromatic rings. The molecule has 2 amide bonds. The first-order valence-corrected chi connectivity index (χ1v) is 11.2. The van der Waals surface area contributed by atoms with Crippen LogP contribution < -0.4 is 20.1 Å². The second-order valence-electron chi connectivity index (χ2n) is 7.87. The van der Waals surface area contributed by atoms with Crippen LogP contribution in [0.1, 0.15) is 61.4 Å². The Labute approximate surface area is 184 Å². The Balaban J connectivity index is 1.59. The number of carbonyl (C=O) groups is 2. The highest BCUT2D eigenvalue weighted by Gasteiger charge is 2.20. The highest BCUT2D eigenvalue weighted by Crippen LogP contribution is 2.23. The van der Waals surface area contributed by atoms with E-state index in [0.29, 0.717) is 30.2 Å². The topological polar surface area (TPSA) is 76.7 Å². The first kappa shape index (κ1) is 22.7. The molecule has 0 unspecified atom stereocenters. The van der Waals surface area contributed by atoms with Gasteiger partial charge in [-0.1, -0.05) is 50.5 Å². The lowest BCUT2D eigenvalue weighted by Gasteiger charge is -2.23. The van der Waals surface area contributed by atoms with Gasteiger partial charge in [-0.2, -0.15) is 0 Å². The third-order valence-corrected chi connectivity index (χ3v) is 5.29. The number of benzene rings is 2. The van der Waals surface area contributed by atoms with Gasteiger partial charge in [0.05, 0.1) is 12.2 Å². The van der Waals surface area contributed by atoms with E-state index in [2.05, 4.69) is 10.6 Å². The van der Waals surface area contributed by atoms with E-state index in [0.717, 1.165) is 37.7 Å². The minimum absolute atomic E-state index is 0.0588. The minimum atomic E-state index is -0.219. The van der Waals surface area contributed by atoms with Crippen molar-refractivity contribution in [1.82, 2.24) is 10.6 Å². The summed E-state index contributed by atoms with van der Waals surface area (Å²) in [7, 11) is 0. The SMILES string of the molecule is CCCOc1ccc(CNC(=O)COc2ccccc2)cc1C(=O)NC1CCCCC1. The second-order valence-corrected chi connectivity index (χ2v) is 7.87. The summed E-state index contributed by atoms with van der Waals surface area (Å²) in [6.45, 7) is 2.84. The molecule has 0 aromatic heterocycles. The Hall–Kier alpha value is -3.02. The zero-order valence-corrected chi connectivity index (χ0v) is 18.2. The number of rotatable bonds is 10. The van der Waals surface area contributed by atoms with Gasteiger partial charge < -0.3 is 20.1 Å². The van der Waals surface area contributed by atoms with Crippen LogP contribution in [0.3, 0.4) is 0 Å². The Morgan fingerprint density at radius 1 is 1.00 bits per heavy atom. The van der Waals surface area contributed by atoms with Crippen LogP contribution in [-0.2, 0) is 11.3 Å². The third kappa shape index (κ3) is 7.31. The maximum Gasteiger partial charge on any atom is 0.258 e. The van der Waals surface area contributed by atoms with Crippen LogP contribution in [0.4, 0.5) is 0 Å². The molecule has 0 heterocycles. The van der Waals surface area contributed by atoms with Crippen LogP contribution in [0.2, 0.25) is 0 Å². The fourth-order valence-electron chi connectivity index (χ4n) is 3.63. The van der Waals surface area contributed by atoms with E-state index in [1.54, 1.807) is 12.1 Å². The molecule has 0 spiro atoms. The molecule has 0 saturated heterocycles. The molecule has 6 heteroatoms. The maximum absolute atomic E-state index is 12.9. The number of hydrogen-bond acceptors (Lipinski definition) is 4. The van der Waals surface area contributed by atoms with Crippen molar-refractivity contribution < 1.29 is 19.1 Å². The van der Waals surface area contributed by atoms with E-state index >= 15 is 0 Å². The number of para-hydroxylation sites is 1. The van der Waals surface area contributed by atoms with Gasteiger partial charge in [-0.25, -0.2) is 0 Å². The van der Waals surface area contributed by atoms with Crippen LogP contribution in [-0.4, -0.2) is 31.1 Å². The van der Waals surface area contributed by atoms with E-state index in [4.69, 9.17) is 9.47 Å². The second kappa shape index (κ2) is 12.0. The van der Waals surface area contributed by atoms with Gasteiger partial charge in [-0.05, 0) is 49.1 Å². The monoisotopic (exact) mass is 424 g/mol. The lowest BCUT2D eigenvalue weighted by atomic mass is 9.95. The largest absolute Gasteiger partial charge is 0.493 e. The van der Waals surface area contributed by atoms with Gasteiger partial charge in [-0.3, -0.25) is 9.59 Å². The molecule has 31 heavy (non-hydrogen) atoms. The smallest absolute Gasteiger partial charge is 0.258 e. The summed E-state index contributed by atoms with van der Waals surface area (Å²) in [5.74, 6) is 0.899. The number of hydrogen-bond donors (Lipinski definition) is 2. The van der Waals surface area contributed by atoms with Gasteiger partial charge in [0.1, 0.15) is 11.5 Å². The van der Waals surface area contributed by atoms with Crippen molar-refractivity contribution in [3.63, 3.8) is 0 Å². The molecular weight excluding hydrogens is 392 g/mol. The van der Waals surface area contributed by atoms with Crippen LogP contribution in [0.5, 0.6) is 11.5 Å². The van der Waals surface area contributed by atoms with E-state index in [1.165, 1.54) is 6.42 Å². The molecule has 2 aromatic carbocycles. The summed E-state index contributed by atoms with van der Waals surface area (Å²) in [5.41, 5.74) is 1.36. The van der Waals surface area contributed by atoms with Crippen molar-refractivity contribution >= 4 is 11.8 Å². The summed E-state index contributed by atoms with van der Waals surface area (Å²) in [6.07, 6.45) is 6.45. The Kier molecular flexibility index (Phi) is 8.76. The Morgan fingerprint density at radius 3 is 2.52 bits per heavy atom. The fourth-order valence-corrected chi connectivity index (χ4v) is 3.63. The molecule has 6 nitrogen and oxygen atoms in total. The number of ether oxygens (including phenoxy) is 2. The lowest BCUT2D eigenvalue weighted by Crippen LogP contribution is -2.36. The predicted octanol–water partition coefficient (Wildman–Crippen LogP) is 4.23. The fraction of sp³-hybridized carbons (Fsp3) is 0.440. The molecular formula is C25H32N2O4. The first-order valence-electron chi connectivity index (χ1n) is 11.2. The van der Waals surface area contributed by atoms with Crippen LogP contribution in [0, 0.1) is 0 Å².